The van der Waals surface area contributed by atoms with Gasteiger partial charge in [0.1, 0.15) is 0 Å². The predicted octanol–water partition coefficient (Wildman–Crippen LogP) is 16.8. The van der Waals surface area contributed by atoms with Crippen LogP contribution in [0, 0.1) is 27.7 Å². The fraction of sp³-hybridized carbons (Fsp3) is 0.0909. The smallest absolute Gasteiger partial charge is 0.0619 e. The molecule has 2 aliphatic carbocycles. The number of fused-ring (bicyclic) bond motifs is 9. The van der Waals surface area contributed by atoms with Crippen LogP contribution in [0.2, 0.25) is 0 Å². The molecular formula is C66H48. The van der Waals surface area contributed by atoms with Crippen LogP contribution in [0.1, 0.15) is 66.8 Å². The van der Waals surface area contributed by atoms with Crippen LogP contribution < -0.4 is 0 Å². The lowest BCUT2D eigenvalue weighted by atomic mass is 9.67. The Labute approximate surface area is 387 Å². The lowest BCUT2D eigenvalue weighted by molar-refractivity contribution is 0.770. The molecule has 66 heavy (non-hydrogen) atoms. The van der Waals surface area contributed by atoms with Crippen molar-refractivity contribution >= 4 is 32.3 Å². The first kappa shape index (κ1) is 38.6. The molecule has 0 nitrogen and oxygen atoms in total. The van der Waals surface area contributed by atoms with E-state index in [-0.39, 0.29) is 0 Å². The molecule has 0 N–H and O–H groups in total. The van der Waals surface area contributed by atoms with E-state index in [0.717, 1.165) is 0 Å². The van der Waals surface area contributed by atoms with Gasteiger partial charge in [0.25, 0.3) is 0 Å². The van der Waals surface area contributed by atoms with Crippen LogP contribution >= 0.6 is 0 Å². The van der Waals surface area contributed by atoms with Gasteiger partial charge in [-0.15, -0.1) is 0 Å². The summed E-state index contributed by atoms with van der Waals surface area (Å²) in [6, 6.07) is 83.4. The Kier molecular flexibility index (Phi) is 8.40. The van der Waals surface area contributed by atoms with Crippen molar-refractivity contribution in [2.75, 3.05) is 0 Å². The third-order valence-electron chi connectivity index (χ3n) is 15.8. The second kappa shape index (κ2) is 14.4. The Morgan fingerprint density at radius 1 is 0.258 bits per heavy atom. The quantitative estimate of drug-likeness (QED) is 0.162. The molecule has 11 aromatic carbocycles. The summed E-state index contributed by atoms with van der Waals surface area (Å²) in [5, 5.41) is 7.71. The van der Waals surface area contributed by atoms with Gasteiger partial charge in [-0.3, -0.25) is 0 Å². The molecule has 1 unspecified atom stereocenters. The average Bonchev–Trinajstić information content (AvgIpc) is 3.83. The molecule has 0 radical (unpaired) electrons. The first-order valence-electron chi connectivity index (χ1n) is 23.4. The monoisotopic (exact) mass is 840 g/mol. The van der Waals surface area contributed by atoms with Crippen LogP contribution in [0.3, 0.4) is 0 Å². The first-order valence-corrected chi connectivity index (χ1v) is 23.4. The van der Waals surface area contributed by atoms with E-state index in [0.29, 0.717) is 0 Å². The summed E-state index contributed by atoms with van der Waals surface area (Å²) >= 11 is 0. The molecule has 0 amide bonds. The molecule has 0 saturated carbocycles. The van der Waals surface area contributed by atoms with Crippen molar-refractivity contribution < 1.29 is 0 Å². The van der Waals surface area contributed by atoms with Crippen molar-refractivity contribution in [1.82, 2.24) is 0 Å². The Morgan fingerprint density at radius 3 is 1.11 bits per heavy atom. The summed E-state index contributed by atoms with van der Waals surface area (Å²) in [7, 11) is 0. The normalized spacial score (nSPS) is 15.5. The first-order chi connectivity index (χ1) is 32.3. The molecule has 1 atom stereocenters. The summed E-state index contributed by atoms with van der Waals surface area (Å²) in [5.74, 6) is 0. The zero-order valence-electron chi connectivity index (χ0n) is 37.8. The molecule has 11 aromatic rings. The van der Waals surface area contributed by atoms with E-state index in [1.54, 1.807) is 0 Å². The van der Waals surface area contributed by atoms with Gasteiger partial charge in [0.2, 0.25) is 0 Å². The topological polar surface area (TPSA) is 0 Å². The Bertz CT molecular complexity index is 3740. The fourth-order valence-electron chi connectivity index (χ4n) is 12.3. The summed E-state index contributed by atoms with van der Waals surface area (Å²) in [5.41, 5.74) is 22.4. The SMILES string of the molecule is Cc1ccc2cc(C3(c4ccc(-c5ccc(C6(c7ccc8c(C)c(C)ccc8c7)c7ccccc7-c7cc8ccccc8cc76)cc5)cc4)c4ccccc4-c4ccccc43)ccc2c1C. The minimum Gasteiger partial charge on any atom is -0.0619 e. The van der Waals surface area contributed by atoms with Gasteiger partial charge < -0.3 is 0 Å². The molecule has 0 saturated heterocycles. The van der Waals surface area contributed by atoms with E-state index in [4.69, 9.17) is 0 Å². The summed E-state index contributed by atoms with van der Waals surface area (Å²) in [6.07, 6.45) is 0. The molecule has 0 heterocycles. The van der Waals surface area contributed by atoms with Gasteiger partial charge in [-0.1, -0.05) is 194 Å². The van der Waals surface area contributed by atoms with Crippen LogP contribution in [-0.4, -0.2) is 0 Å². The van der Waals surface area contributed by atoms with Crippen molar-refractivity contribution in [3.8, 4) is 33.4 Å². The molecule has 0 spiro atoms. The van der Waals surface area contributed by atoms with Gasteiger partial charge in [-0.05, 0) is 184 Å². The Balaban J connectivity index is 0.978. The molecule has 0 fully saturated rings. The highest BCUT2D eigenvalue weighted by Gasteiger charge is 2.47. The highest BCUT2D eigenvalue weighted by Crippen LogP contribution is 2.59. The lowest BCUT2D eigenvalue weighted by Gasteiger charge is -2.35. The average molecular weight is 841 g/mol. The standard InChI is InChI=1S/C66H48/c1-41-21-23-49-37-53(33-35-55(49)43(41)3)65(61-18-10-7-15-57(61)58-16-8-11-19-62(58)65)51-29-25-45(26-30-51)46-27-31-52(32-28-46)66(54-34-36-56-44(4)42(2)22-24-50(56)38-54)63-20-12-9-17-59(63)60-39-47-13-5-6-14-48(47)40-64(60)66/h5-40H,1-4H3. The highest BCUT2D eigenvalue weighted by molar-refractivity contribution is 5.97. The molecular weight excluding hydrogens is 793 g/mol. The van der Waals surface area contributed by atoms with E-state index < -0.39 is 10.8 Å². The number of aryl methyl sites for hydroxylation is 4. The predicted molar refractivity (Wildman–Crippen MR) is 278 cm³/mol. The number of benzene rings is 11. The van der Waals surface area contributed by atoms with E-state index in [1.165, 1.54) is 132 Å². The van der Waals surface area contributed by atoms with Crippen LogP contribution in [0.5, 0.6) is 0 Å². The van der Waals surface area contributed by atoms with Crippen LogP contribution in [0.15, 0.2) is 218 Å². The Morgan fingerprint density at radius 2 is 0.636 bits per heavy atom. The van der Waals surface area contributed by atoms with E-state index in [9.17, 15) is 0 Å². The molecule has 312 valence electrons. The summed E-state index contributed by atoms with van der Waals surface area (Å²) in [6.45, 7) is 8.92. The molecule has 13 rings (SSSR count). The summed E-state index contributed by atoms with van der Waals surface area (Å²) < 4.78 is 0. The zero-order chi connectivity index (χ0) is 44.3. The van der Waals surface area contributed by atoms with Gasteiger partial charge in [-0.25, -0.2) is 0 Å². The third-order valence-corrected chi connectivity index (χ3v) is 15.8. The maximum absolute atomic E-state index is 2.47. The van der Waals surface area contributed by atoms with Gasteiger partial charge >= 0.3 is 0 Å². The third kappa shape index (κ3) is 5.27. The van der Waals surface area contributed by atoms with E-state index in [2.05, 4.69) is 246 Å². The van der Waals surface area contributed by atoms with Crippen molar-refractivity contribution in [2.45, 2.75) is 38.5 Å². The van der Waals surface area contributed by atoms with Gasteiger partial charge in [0.15, 0.2) is 0 Å². The maximum Gasteiger partial charge on any atom is 0.0714 e. The van der Waals surface area contributed by atoms with Crippen molar-refractivity contribution in [3.05, 3.63) is 285 Å². The van der Waals surface area contributed by atoms with Crippen LogP contribution in [0.25, 0.3) is 65.7 Å². The zero-order valence-corrected chi connectivity index (χ0v) is 37.8. The number of hydrogen-bond acceptors (Lipinski definition) is 0. The van der Waals surface area contributed by atoms with Crippen molar-refractivity contribution in [3.63, 3.8) is 0 Å². The van der Waals surface area contributed by atoms with Crippen molar-refractivity contribution in [2.24, 2.45) is 0 Å². The maximum atomic E-state index is 2.47. The number of rotatable bonds is 5. The molecule has 0 heteroatoms. The molecule has 0 aromatic heterocycles. The minimum absolute atomic E-state index is 0.473. The van der Waals surface area contributed by atoms with Gasteiger partial charge in [-0.2, -0.15) is 0 Å². The summed E-state index contributed by atoms with van der Waals surface area (Å²) in [4.78, 5) is 0. The second-order valence-corrected chi connectivity index (χ2v) is 18.9. The van der Waals surface area contributed by atoms with Gasteiger partial charge in [0, 0.05) is 0 Å². The minimum atomic E-state index is -0.516. The van der Waals surface area contributed by atoms with Crippen LogP contribution in [0.4, 0.5) is 0 Å². The highest BCUT2D eigenvalue weighted by atomic mass is 14.5. The van der Waals surface area contributed by atoms with Gasteiger partial charge in [0.05, 0.1) is 10.8 Å². The van der Waals surface area contributed by atoms with E-state index >= 15 is 0 Å². The van der Waals surface area contributed by atoms with E-state index in [1.807, 2.05) is 0 Å². The Hall–Kier alpha value is -7.80. The van der Waals surface area contributed by atoms with Crippen molar-refractivity contribution in [1.29, 1.82) is 0 Å². The molecule has 0 bridgehead atoms. The molecule has 2 aliphatic rings. The fourth-order valence-corrected chi connectivity index (χ4v) is 12.3. The lowest BCUT2D eigenvalue weighted by Crippen LogP contribution is -2.28. The molecule has 0 aliphatic heterocycles. The number of hydrogen-bond donors (Lipinski definition) is 0. The largest absolute Gasteiger partial charge is 0.0714 e. The van der Waals surface area contributed by atoms with Crippen LogP contribution in [-0.2, 0) is 10.8 Å². The second-order valence-electron chi connectivity index (χ2n) is 18.9.